The molecule has 0 aromatic carbocycles. The van der Waals surface area contributed by atoms with Crippen LogP contribution in [0.1, 0.15) is 31.2 Å². The lowest BCUT2D eigenvalue weighted by molar-refractivity contribution is -0.121. The van der Waals surface area contributed by atoms with Crippen molar-refractivity contribution >= 4 is 11.9 Å². The van der Waals surface area contributed by atoms with Crippen molar-refractivity contribution in [2.24, 2.45) is 0 Å². The molecule has 0 aliphatic rings. The lowest BCUT2D eigenvalue weighted by atomic mass is 10.3. The summed E-state index contributed by atoms with van der Waals surface area (Å²) in [6, 6.07) is 1.91. The Balaban J connectivity index is 2.21. The largest absolute Gasteiger partial charge is 0.392 e. The molecule has 0 saturated carbocycles. The molecule has 19 heavy (non-hydrogen) atoms. The normalized spacial score (nSPS) is 12.0. The summed E-state index contributed by atoms with van der Waals surface area (Å²) >= 11 is 0. The van der Waals surface area contributed by atoms with Crippen LogP contribution in [0.3, 0.4) is 0 Å². The summed E-state index contributed by atoms with van der Waals surface area (Å²) in [4.78, 5) is 19.9. The minimum absolute atomic E-state index is 0.0518. The first-order valence-electron chi connectivity index (χ1n) is 6.48. The van der Waals surface area contributed by atoms with Gasteiger partial charge < -0.3 is 15.7 Å². The molecule has 1 unspecified atom stereocenters. The Hall–Kier alpha value is -1.69. The summed E-state index contributed by atoms with van der Waals surface area (Å²) in [6.45, 7) is 6.42. The molecule has 1 amide bonds. The van der Waals surface area contributed by atoms with E-state index in [2.05, 4.69) is 20.6 Å². The van der Waals surface area contributed by atoms with E-state index in [1.807, 2.05) is 19.9 Å². The average molecular weight is 266 g/mol. The van der Waals surface area contributed by atoms with Gasteiger partial charge in [0, 0.05) is 30.9 Å². The molecule has 0 bridgehead atoms. The summed E-state index contributed by atoms with van der Waals surface area (Å²) < 4.78 is 0. The van der Waals surface area contributed by atoms with Crippen LogP contribution in [0.2, 0.25) is 0 Å². The average Bonchev–Trinajstić information content (AvgIpc) is 2.31. The van der Waals surface area contributed by atoms with Crippen molar-refractivity contribution in [1.29, 1.82) is 0 Å². The van der Waals surface area contributed by atoms with Gasteiger partial charge in [-0.25, -0.2) is 9.97 Å². The minimum atomic E-state index is -0.509. The van der Waals surface area contributed by atoms with E-state index in [1.165, 1.54) is 0 Å². The molecule has 1 aromatic rings. The number of amides is 1. The molecule has 3 N–H and O–H groups in total. The standard InChI is InChI=1S/C13H22N4O2/c1-9-7-10(2)17-13(16-9)14-6-4-5-12(19)15-8-11(3)18/h7,11,18H,4-6,8H2,1-3H3,(H,15,19)(H,14,16,17). The number of carbonyl (C=O) groups is 1. The number of nitrogens with one attached hydrogen (secondary N) is 2. The molecule has 1 rings (SSSR count). The van der Waals surface area contributed by atoms with E-state index in [4.69, 9.17) is 5.11 Å². The molecule has 1 heterocycles. The van der Waals surface area contributed by atoms with Crippen LogP contribution in [0.25, 0.3) is 0 Å². The number of aromatic nitrogens is 2. The second-order valence-electron chi connectivity index (χ2n) is 4.66. The molecule has 6 nitrogen and oxygen atoms in total. The number of aliphatic hydroxyl groups is 1. The summed E-state index contributed by atoms with van der Waals surface area (Å²) in [6.07, 6.45) is 0.609. The van der Waals surface area contributed by atoms with Crippen molar-refractivity contribution in [3.05, 3.63) is 17.5 Å². The molecular weight excluding hydrogens is 244 g/mol. The second-order valence-corrected chi connectivity index (χ2v) is 4.66. The zero-order valence-corrected chi connectivity index (χ0v) is 11.7. The van der Waals surface area contributed by atoms with Gasteiger partial charge in [-0.05, 0) is 33.3 Å². The van der Waals surface area contributed by atoms with Gasteiger partial charge in [0.2, 0.25) is 11.9 Å². The van der Waals surface area contributed by atoms with E-state index < -0.39 is 6.10 Å². The highest BCUT2D eigenvalue weighted by Crippen LogP contribution is 2.03. The van der Waals surface area contributed by atoms with Crippen LogP contribution in [-0.4, -0.2) is 40.2 Å². The van der Waals surface area contributed by atoms with Crippen molar-refractivity contribution < 1.29 is 9.90 Å². The molecular formula is C13H22N4O2. The maximum absolute atomic E-state index is 11.4. The highest BCUT2D eigenvalue weighted by atomic mass is 16.3. The number of carbonyl (C=O) groups excluding carboxylic acids is 1. The quantitative estimate of drug-likeness (QED) is 0.635. The van der Waals surface area contributed by atoms with E-state index in [-0.39, 0.29) is 5.91 Å². The predicted molar refractivity (Wildman–Crippen MR) is 73.9 cm³/mol. The summed E-state index contributed by atoms with van der Waals surface area (Å²) in [5.41, 5.74) is 1.84. The van der Waals surface area contributed by atoms with Gasteiger partial charge in [0.1, 0.15) is 0 Å². The van der Waals surface area contributed by atoms with Crippen LogP contribution in [0.4, 0.5) is 5.95 Å². The fraction of sp³-hybridized carbons (Fsp3) is 0.615. The lowest BCUT2D eigenvalue weighted by Crippen LogP contribution is -2.30. The van der Waals surface area contributed by atoms with Crippen molar-refractivity contribution in [2.75, 3.05) is 18.4 Å². The summed E-state index contributed by atoms with van der Waals surface area (Å²) in [7, 11) is 0. The zero-order chi connectivity index (χ0) is 14.3. The topological polar surface area (TPSA) is 87.1 Å². The Morgan fingerprint density at radius 2 is 2.00 bits per heavy atom. The highest BCUT2D eigenvalue weighted by Gasteiger charge is 2.03. The Morgan fingerprint density at radius 3 is 2.58 bits per heavy atom. The van der Waals surface area contributed by atoms with Gasteiger partial charge in [-0.15, -0.1) is 0 Å². The SMILES string of the molecule is Cc1cc(C)nc(NCCCC(=O)NCC(C)O)n1. The summed E-state index contributed by atoms with van der Waals surface area (Å²) in [5, 5.41) is 14.8. The van der Waals surface area contributed by atoms with Gasteiger partial charge in [0.25, 0.3) is 0 Å². The van der Waals surface area contributed by atoms with Gasteiger partial charge in [0.05, 0.1) is 6.10 Å². The minimum Gasteiger partial charge on any atom is -0.392 e. The van der Waals surface area contributed by atoms with Gasteiger partial charge in [-0.1, -0.05) is 0 Å². The van der Waals surface area contributed by atoms with E-state index in [9.17, 15) is 4.79 Å². The fourth-order valence-electron chi connectivity index (χ4n) is 1.60. The van der Waals surface area contributed by atoms with Crippen molar-refractivity contribution in [3.8, 4) is 0 Å². The number of rotatable bonds is 7. The zero-order valence-electron chi connectivity index (χ0n) is 11.7. The second kappa shape index (κ2) is 7.68. The van der Waals surface area contributed by atoms with Gasteiger partial charge in [-0.3, -0.25) is 4.79 Å². The van der Waals surface area contributed by atoms with Gasteiger partial charge in [-0.2, -0.15) is 0 Å². The third-order valence-electron chi connectivity index (χ3n) is 2.44. The molecule has 0 spiro atoms. The Kier molecular flexibility index (Phi) is 6.21. The molecule has 0 aliphatic heterocycles. The Labute approximate surface area is 113 Å². The van der Waals surface area contributed by atoms with Gasteiger partial charge >= 0.3 is 0 Å². The van der Waals surface area contributed by atoms with Crippen LogP contribution in [-0.2, 0) is 4.79 Å². The van der Waals surface area contributed by atoms with Crippen LogP contribution < -0.4 is 10.6 Å². The Morgan fingerprint density at radius 1 is 1.37 bits per heavy atom. The molecule has 1 atom stereocenters. The number of aliphatic hydroxyl groups excluding tert-OH is 1. The number of hydrogen-bond donors (Lipinski definition) is 3. The van der Waals surface area contributed by atoms with Crippen molar-refractivity contribution in [1.82, 2.24) is 15.3 Å². The monoisotopic (exact) mass is 266 g/mol. The van der Waals surface area contributed by atoms with Crippen LogP contribution in [0.5, 0.6) is 0 Å². The van der Waals surface area contributed by atoms with Crippen molar-refractivity contribution in [2.45, 2.75) is 39.7 Å². The fourth-order valence-corrected chi connectivity index (χ4v) is 1.60. The molecule has 106 valence electrons. The smallest absolute Gasteiger partial charge is 0.223 e. The van der Waals surface area contributed by atoms with Crippen LogP contribution >= 0.6 is 0 Å². The van der Waals surface area contributed by atoms with Crippen LogP contribution in [0.15, 0.2) is 6.07 Å². The van der Waals surface area contributed by atoms with Gasteiger partial charge in [0.15, 0.2) is 0 Å². The molecule has 0 radical (unpaired) electrons. The first-order chi connectivity index (χ1) is 8.97. The van der Waals surface area contributed by atoms with E-state index in [0.29, 0.717) is 31.9 Å². The number of anilines is 1. The maximum Gasteiger partial charge on any atom is 0.223 e. The molecule has 0 aliphatic carbocycles. The third-order valence-corrected chi connectivity index (χ3v) is 2.44. The molecule has 1 aromatic heterocycles. The number of nitrogens with zero attached hydrogens (tertiary/aromatic N) is 2. The first kappa shape index (κ1) is 15.4. The van der Waals surface area contributed by atoms with Crippen LogP contribution in [0, 0.1) is 13.8 Å². The molecule has 0 saturated heterocycles. The number of aryl methyl sites for hydroxylation is 2. The third kappa shape index (κ3) is 6.71. The van der Waals surface area contributed by atoms with E-state index in [0.717, 1.165) is 11.4 Å². The summed E-state index contributed by atoms with van der Waals surface area (Å²) in [5.74, 6) is 0.547. The molecule has 0 fully saturated rings. The van der Waals surface area contributed by atoms with Crippen molar-refractivity contribution in [3.63, 3.8) is 0 Å². The first-order valence-corrected chi connectivity index (χ1v) is 6.48. The van der Waals surface area contributed by atoms with E-state index >= 15 is 0 Å². The highest BCUT2D eigenvalue weighted by molar-refractivity contribution is 5.75. The van der Waals surface area contributed by atoms with E-state index in [1.54, 1.807) is 6.92 Å². The maximum atomic E-state index is 11.4. The molecule has 6 heteroatoms. The Bertz CT molecular complexity index is 401. The lowest BCUT2D eigenvalue weighted by Gasteiger charge is -2.08. The number of hydrogen-bond acceptors (Lipinski definition) is 5. The predicted octanol–water partition coefficient (Wildman–Crippen LogP) is 0.783.